The Balaban J connectivity index is 2.51. The lowest BCUT2D eigenvalue weighted by atomic mass is 10.1. The molecule has 0 amide bonds. The van der Waals surface area contributed by atoms with Crippen LogP contribution in [-0.4, -0.2) is 10.8 Å². The van der Waals surface area contributed by atoms with Gasteiger partial charge in [-0.15, -0.1) is 0 Å². The number of hydrogen-bond donors (Lipinski definition) is 3. The number of hydrogen-bond acceptors (Lipinski definition) is 0. The molecule has 0 bridgehead atoms. The minimum atomic E-state index is 0.449. The van der Waals surface area contributed by atoms with Crippen LogP contribution < -0.4 is 11.1 Å². The molecule has 0 spiro atoms. The standard InChI is InChI=1S/C10H11N3/c11-10(12)5-7-6-13-9-4-2-1-3-8(7)9/h1-4,6,13H,5H2,(H3,11,12)/p+1. The Hall–Kier alpha value is -1.77. The maximum absolute atomic E-state index is 5.46. The zero-order valence-corrected chi connectivity index (χ0v) is 7.25. The zero-order chi connectivity index (χ0) is 9.26. The van der Waals surface area contributed by atoms with Crippen LogP contribution in [0, 0.1) is 0 Å². The number of benzene rings is 1. The fourth-order valence-corrected chi connectivity index (χ4v) is 1.50. The van der Waals surface area contributed by atoms with Gasteiger partial charge in [-0.3, -0.25) is 11.1 Å². The van der Waals surface area contributed by atoms with E-state index < -0.39 is 0 Å². The molecule has 2 rings (SSSR count). The van der Waals surface area contributed by atoms with Gasteiger partial charge in [0.2, 0.25) is 5.84 Å². The van der Waals surface area contributed by atoms with Gasteiger partial charge in [0, 0.05) is 17.1 Å². The second-order valence-electron chi connectivity index (χ2n) is 3.11. The highest BCUT2D eigenvalue weighted by atomic mass is 14.7. The molecule has 2 aromatic rings. The average Bonchev–Trinajstić information content (AvgIpc) is 2.48. The minimum Gasteiger partial charge on any atom is -0.361 e. The lowest BCUT2D eigenvalue weighted by Crippen LogP contribution is -2.46. The summed E-state index contributed by atoms with van der Waals surface area (Å²) in [6.45, 7) is 0. The van der Waals surface area contributed by atoms with Crippen LogP contribution in [-0.2, 0) is 6.42 Å². The van der Waals surface area contributed by atoms with Crippen molar-refractivity contribution in [1.82, 2.24) is 4.98 Å². The third kappa shape index (κ3) is 1.40. The van der Waals surface area contributed by atoms with E-state index in [1.165, 1.54) is 5.39 Å². The fourth-order valence-electron chi connectivity index (χ4n) is 1.50. The van der Waals surface area contributed by atoms with E-state index in [1.807, 2.05) is 24.4 Å². The van der Waals surface area contributed by atoms with Crippen LogP contribution in [0.15, 0.2) is 30.5 Å². The third-order valence-corrected chi connectivity index (χ3v) is 2.07. The summed E-state index contributed by atoms with van der Waals surface area (Å²) in [6, 6.07) is 8.10. The maximum atomic E-state index is 5.46. The SMILES string of the molecule is NC(=[NH2+])Cc1c[nH]c2ccccc12. The Bertz CT molecular complexity index is 442. The zero-order valence-electron chi connectivity index (χ0n) is 7.25. The second-order valence-corrected chi connectivity index (χ2v) is 3.11. The fraction of sp³-hybridized carbons (Fsp3) is 0.100. The third-order valence-electron chi connectivity index (χ3n) is 2.07. The monoisotopic (exact) mass is 174 g/mol. The van der Waals surface area contributed by atoms with E-state index in [9.17, 15) is 0 Å². The van der Waals surface area contributed by atoms with Crippen LogP contribution in [0.4, 0.5) is 0 Å². The summed E-state index contributed by atoms with van der Waals surface area (Å²) in [4.78, 5) is 3.17. The summed E-state index contributed by atoms with van der Waals surface area (Å²) in [5.41, 5.74) is 7.73. The average molecular weight is 174 g/mol. The molecule has 0 atom stereocenters. The minimum absolute atomic E-state index is 0.449. The molecular weight excluding hydrogens is 162 g/mol. The predicted octanol–water partition coefficient (Wildman–Crippen LogP) is -0.173. The van der Waals surface area contributed by atoms with E-state index in [4.69, 9.17) is 11.1 Å². The van der Waals surface area contributed by atoms with Crippen molar-refractivity contribution in [3.8, 4) is 0 Å². The molecule has 1 aromatic carbocycles. The first-order valence-electron chi connectivity index (χ1n) is 4.19. The van der Waals surface area contributed by atoms with Crippen molar-refractivity contribution in [2.75, 3.05) is 0 Å². The van der Waals surface area contributed by atoms with Gasteiger partial charge in [0.05, 0.1) is 6.42 Å². The Labute approximate surface area is 76.1 Å². The molecule has 0 saturated carbocycles. The molecule has 3 heteroatoms. The van der Waals surface area contributed by atoms with Crippen molar-refractivity contribution in [2.24, 2.45) is 5.73 Å². The molecule has 1 aromatic heterocycles. The van der Waals surface area contributed by atoms with Crippen molar-refractivity contribution in [3.05, 3.63) is 36.0 Å². The Morgan fingerprint density at radius 1 is 1.38 bits per heavy atom. The van der Waals surface area contributed by atoms with E-state index in [1.54, 1.807) is 0 Å². The van der Waals surface area contributed by atoms with Crippen LogP contribution in [0.1, 0.15) is 5.56 Å². The van der Waals surface area contributed by atoms with Crippen LogP contribution in [0.5, 0.6) is 0 Å². The summed E-state index contributed by atoms with van der Waals surface area (Å²) in [5.74, 6) is 0.449. The number of nitrogens with one attached hydrogen (secondary N) is 1. The van der Waals surface area contributed by atoms with Crippen LogP contribution in [0.25, 0.3) is 10.9 Å². The Morgan fingerprint density at radius 2 is 2.15 bits per heavy atom. The quantitative estimate of drug-likeness (QED) is 0.429. The van der Waals surface area contributed by atoms with E-state index >= 15 is 0 Å². The van der Waals surface area contributed by atoms with Crippen molar-refractivity contribution >= 4 is 16.7 Å². The Kier molecular flexibility index (Phi) is 1.77. The molecule has 66 valence electrons. The first kappa shape index (κ1) is 7.86. The number of H-pyrrole nitrogens is 1. The summed E-state index contributed by atoms with van der Waals surface area (Å²) < 4.78 is 0. The van der Waals surface area contributed by atoms with E-state index in [-0.39, 0.29) is 0 Å². The van der Waals surface area contributed by atoms with Gasteiger partial charge in [-0.2, -0.15) is 0 Å². The predicted molar refractivity (Wildman–Crippen MR) is 53.1 cm³/mol. The summed E-state index contributed by atoms with van der Waals surface area (Å²) >= 11 is 0. The number of aromatic nitrogens is 1. The summed E-state index contributed by atoms with van der Waals surface area (Å²) in [7, 11) is 0. The van der Waals surface area contributed by atoms with Crippen molar-refractivity contribution in [3.63, 3.8) is 0 Å². The van der Waals surface area contributed by atoms with Crippen LogP contribution in [0.3, 0.4) is 0 Å². The molecule has 0 aliphatic carbocycles. The number of fused-ring (bicyclic) bond motifs is 1. The number of rotatable bonds is 2. The van der Waals surface area contributed by atoms with Crippen LogP contribution in [0.2, 0.25) is 0 Å². The molecule has 0 aliphatic rings. The molecule has 0 radical (unpaired) electrons. The molecule has 0 saturated heterocycles. The number of aromatic amines is 1. The van der Waals surface area contributed by atoms with Gasteiger partial charge in [-0.1, -0.05) is 18.2 Å². The van der Waals surface area contributed by atoms with Gasteiger partial charge in [-0.25, -0.2) is 0 Å². The van der Waals surface area contributed by atoms with Gasteiger partial charge < -0.3 is 4.98 Å². The van der Waals surface area contributed by atoms with E-state index in [0.29, 0.717) is 12.3 Å². The van der Waals surface area contributed by atoms with Gasteiger partial charge in [0.15, 0.2) is 0 Å². The summed E-state index contributed by atoms with van der Waals surface area (Å²) in [5, 5.41) is 6.65. The van der Waals surface area contributed by atoms with Crippen molar-refractivity contribution in [2.45, 2.75) is 6.42 Å². The number of amidine groups is 1. The first-order chi connectivity index (χ1) is 6.27. The van der Waals surface area contributed by atoms with E-state index in [0.717, 1.165) is 11.1 Å². The number of para-hydroxylation sites is 1. The second kappa shape index (κ2) is 2.94. The normalized spacial score (nSPS) is 10.5. The smallest absolute Gasteiger partial charge is 0.242 e. The molecule has 0 unspecified atom stereocenters. The van der Waals surface area contributed by atoms with Gasteiger partial charge in [0.25, 0.3) is 0 Å². The molecule has 0 aliphatic heterocycles. The summed E-state index contributed by atoms with van der Waals surface area (Å²) in [6.07, 6.45) is 2.58. The molecular formula is C10H12N3+. The molecule has 5 N–H and O–H groups in total. The number of nitrogens with two attached hydrogens (primary N) is 2. The molecule has 3 nitrogen and oxygen atoms in total. The molecule has 1 heterocycles. The molecule has 0 fully saturated rings. The highest BCUT2D eigenvalue weighted by molar-refractivity contribution is 5.88. The van der Waals surface area contributed by atoms with E-state index in [2.05, 4.69) is 11.1 Å². The lowest BCUT2D eigenvalue weighted by Gasteiger charge is -1.92. The maximum Gasteiger partial charge on any atom is 0.242 e. The highest BCUT2D eigenvalue weighted by Gasteiger charge is 2.05. The highest BCUT2D eigenvalue weighted by Crippen LogP contribution is 2.17. The largest absolute Gasteiger partial charge is 0.361 e. The van der Waals surface area contributed by atoms with Crippen molar-refractivity contribution in [1.29, 1.82) is 0 Å². The topological polar surface area (TPSA) is 67.4 Å². The Morgan fingerprint density at radius 3 is 2.92 bits per heavy atom. The van der Waals surface area contributed by atoms with Crippen LogP contribution >= 0.6 is 0 Å². The van der Waals surface area contributed by atoms with Crippen molar-refractivity contribution < 1.29 is 5.41 Å². The van der Waals surface area contributed by atoms with Gasteiger partial charge in [-0.05, 0) is 11.6 Å². The van der Waals surface area contributed by atoms with Gasteiger partial charge >= 0.3 is 0 Å². The van der Waals surface area contributed by atoms with Gasteiger partial charge in [0.1, 0.15) is 0 Å². The molecule has 13 heavy (non-hydrogen) atoms. The first-order valence-corrected chi connectivity index (χ1v) is 4.19. The lowest BCUT2D eigenvalue weighted by molar-refractivity contribution is -0.117.